The molecule has 0 bridgehead atoms. The predicted molar refractivity (Wildman–Crippen MR) is 63.4 cm³/mol. The van der Waals surface area contributed by atoms with Crippen molar-refractivity contribution in [2.45, 2.75) is 13.1 Å². The summed E-state index contributed by atoms with van der Waals surface area (Å²) in [5, 5.41) is 0. The highest BCUT2D eigenvalue weighted by atomic mass is 32.2. The molecular formula is C11H16N2O2S. The number of rotatable bonds is 4. The largest absolute Gasteiger partial charge is 0.294 e. The Bertz CT molecular complexity index is 446. The summed E-state index contributed by atoms with van der Waals surface area (Å²) in [6.07, 6.45) is 1.19. The number of sulfonamides is 1. The number of hydrogen-bond donors (Lipinski definition) is 1. The van der Waals surface area contributed by atoms with Gasteiger partial charge in [-0.1, -0.05) is 24.3 Å². The minimum Gasteiger partial charge on any atom is -0.294 e. The number of nitrogens with zero attached hydrogens (tertiary/aromatic N) is 1. The van der Waals surface area contributed by atoms with Crippen molar-refractivity contribution in [3.8, 4) is 0 Å². The molecule has 2 rings (SSSR count). The monoisotopic (exact) mass is 240 g/mol. The van der Waals surface area contributed by atoms with E-state index in [-0.39, 0.29) is 0 Å². The van der Waals surface area contributed by atoms with Crippen molar-refractivity contribution >= 4 is 10.0 Å². The second-order valence-corrected chi connectivity index (χ2v) is 5.98. The fourth-order valence-electron chi connectivity index (χ4n) is 1.95. The van der Waals surface area contributed by atoms with Crippen LogP contribution >= 0.6 is 0 Å². The Morgan fingerprint density at radius 3 is 2.31 bits per heavy atom. The first-order chi connectivity index (χ1) is 7.54. The highest BCUT2D eigenvalue weighted by Gasteiger charge is 2.17. The first-order valence-electron chi connectivity index (χ1n) is 5.28. The van der Waals surface area contributed by atoms with Gasteiger partial charge in [0.25, 0.3) is 0 Å². The van der Waals surface area contributed by atoms with Crippen LogP contribution in [0.25, 0.3) is 0 Å². The molecule has 0 unspecified atom stereocenters. The van der Waals surface area contributed by atoms with Gasteiger partial charge in [0.15, 0.2) is 0 Å². The Balaban J connectivity index is 1.84. The molecule has 88 valence electrons. The molecule has 0 saturated carbocycles. The second kappa shape index (κ2) is 4.53. The zero-order valence-corrected chi connectivity index (χ0v) is 10.1. The molecule has 0 spiro atoms. The van der Waals surface area contributed by atoms with Crippen LogP contribution in [0, 0.1) is 0 Å². The van der Waals surface area contributed by atoms with Crippen molar-refractivity contribution in [3.63, 3.8) is 0 Å². The van der Waals surface area contributed by atoms with Gasteiger partial charge in [-0.2, -0.15) is 0 Å². The molecule has 1 heterocycles. The first kappa shape index (κ1) is 11.6. The highest BCUT2D eigenvalue weighted by Crippen LogP contribution is 2.21. The van der Waals surface area contributed by atoms with E-state index in [1.54, 1.807) is 0 Å². The van der Waals surface area contributed by atoms with Gasteiger partial charge in [0, 0.05) is 26.2 Å². The van der Waals surface area contributed by atoms with Crippen molar-refractivity contribution in [2.24, 2.45) is 0 Å². The highest BCUT2D eigenvalue weighted by molar-refractivity contribution is 7.88. The van der Waals surface area contributed by atoms with Crippen LogP contribution in [0.15, 0.2) is 24.3 Å². The number of benzene rings is 1. The van der Waals surface area contributed by atoms with E-state index in [0.717, 1.165) is 19.6 Å². The fraction of sp³-hybridized carbons (Fsp3) is 0.455. The fourth-order valence-corrected chi connectivity index (χ4v) is 2.41. The standard InChI is InChI=1S/C11H16N2O2S/c1-16(14,15)12-6-7-13-8-10-4-2-3-5-11(10)9-13/h2-5,12H,6-9H2,1H3. The van der Waals surface area contributed by atoms with Crippen LogP contribution in [0.3, 0.4) is 0 Å². The molecule has 0 atom stereocenters. The third-order valence-corrected chi connectivity index (χ3v) is 3.43. The summed E-state index contributed by atoms with van der Waals surface area (Å²) in [6.45, 7) is 3.07. The van der Waals surface area contributed by atoms with E-state index in [0.29, 0.717) is 6.54 Å². The Morgan fingerprint density at radius 2 is 1.81 bits per heavy atom. The van der Waals surface area contributed by atoms with E-state index in [9.17, 15) is 8.42 Å². The molecule has 0 aromatic heterocycles. The molecule has 0 radical (unpaired) electrons. The Labute approximate surface area is 96.3 Å². The van der Waals surface area contributed by atoms with Gasteiger partial charge >= 0.3 is 0 Å². The molecule has 0 saturated heterocycles. The summed E-state index contributed by atoms with van der Waals surface area (Å²) < 4.78 is 24.3. The number of nitrogens with one attached hydrogen (secondary N) is 1. The molecule has 4 nitrogen and oxygen atoms in total. The lowest BCUT2D eigenvalue weighted by atomic mass is 10.1. The van der Waals surface area contributed by atoms with Crippen molar-refractivity contribution in [3.05, 3.63) is 35.4 Å². The maximum atomic E-state index is 10.9. The molecule has 16 heavy (non-hydrogen) atoms. The molecule has 1 aliphatic rings. The van der Waals surface area contributed by atoms with E-state index >= 15 is 0 Å². The average molecular weight is 240 g/mol. The van der Waals surface area contributed by atoms with Crippen LogP contribution in [0.5, 0.6) is 0 Å². The summed E-state index contributed by atoms with van der Waals surface area (Å²) in [5.74, 6) is 0. The number of fused-ring (bicyclic) bond motifs is 1. The molecule has 1 aliphatic heterocycles. The van der Waals surface area contributed by atoms with E-state index in [1.807, 2.05) is 12.1 Å². The Hall–Kier alpha value is -0.910. The van der Waals surface area contributed by atoms with Crippen molar-refractivity contribution in [1.29, 1.82) is 0 Å². The SMILES string of the molecule is CS(=O)(=O)NCCN1Cc2ccccc2C1. The van der Waals surface area contributed by atoms with E-state index in [1.165, 1.54) is 17.4 Å². The van der Waals surface area contributed by atoms with Crippen LogP contribution in [0.4, 0.5) is 0 Å². The van der Waals surface area contributed by atoms with Crippen LogP contribution in [0.2, 0.25) is 0 Å². The van der Waals surface area contributed by atoms with Crippen LogP contribution in [0.1, 0.15) is 11.1 Å². The number of hydrogen-bond acceptors (Lipinski definition) is 3. The summed E-state index contributed by atoms with van der Waals surface area (Å²) in [7, 11) is -3.06. The maximum absolute atomic E-state index is 10.9. The lowest BCUT2D eigenvalue weighted by Crippen LogP contribution is -2.31. The topological polar surface area (TPSA) is 49.4 Å². The summed E-state index contributed by atoms with van der Waals surface area (Å²) >= 11 is 0. The minimum absolute atomic E-state index is 0.479. The van der Waals surface area contributed by atoms with Gasteiger partial charge in [-0.05, 0) is 11.1 Å². The third-order valence-electron chi connectivity index (χ3n) is 2.70. The van der Waals surface area contributed by atoms with Crippen molar-refractivity contribution in [1.82, 2.24) is 9.62 Å². The molecule has 5 heteroatoms. The summed E-state index contributed by atoms with van der Waals surface area (Å²) in [6, 6.07) is 8.33. The van der Waals surface area contributed by atoms with Crippen molar-refractivity contribution < 1.29 is 8.42 Å². The van der Waals surface area contributed by atoms with Gasteiger partial charge in [0.1, 0.15) is 0 Å². The molecule has 1 N–H and O–H groups in total. The van der Waals surface area contributed by atoms with Crippen LogP contribution in [-0.4, -0.2) is 32.7 Å². The molecule has 0 amide bonds. The van der Waals surface area contributed by atoms with Crippen molar-refractivity contribution in [2.75, 3.05) is 19.3 Å². The zero-order chi connectivity index (χ0) is 11.6. The zero-order valence-electron chi connectivity index (χ0n) is 9.31. The molecule has 0 aliphatic carbocycles. The normalized spacial score (nSPS) is 16.3. The van der Waals surface area contributed by atoms with Gasteiger partial charge in [0.05, 0.1) is 6.26 Å². The maximum Gasteiger partial charge on any atom is 0.208 e. The molecular weight excluding hydrogens is 224 g/mol. The summed E-state index contributed by atoms with van der Waals surface area (Å²) in [5.41, 5.74) is 2.70. The van der Waals surface area contributed by atoms with Gasteiger partial charge in [-0.3, -0.25) is 4.90 Å². The van der Waals surface area contributed by atoms with E-state index < -0.39 is 10.0 Å². The second-order valence-electron chi connectivity index (χ2n) is 4.15. The van der Waals surface area contributed by atoms with Gasteiger partial charge in [0.2, 0.25) is 10.0 Å². The van der Waals surface area contributed by atoms with Gasteiger partial charge in [-0.15, -0.1) is 0 Å². The lowest BCUT2D eigenvalue weighted by Gasteiger charge is -2.14. The Kier molecular flexibility index (Phi) is 3.28. The van der Waals surface area contributed by atoms with Gasteiger partial charge < -0.3 is 0 Å². The smallest absolute Gasteiger partial charge is 0.208 e. The first-order valence-corrected chi connectivity index (χ1v) is 7.17. The minimum atomic E-state index is -3.06. The van der Waals surface area contributed by atoms with E-state index in [4.69, 9.17) is 0 Å². The van der Waals surface area contributed by atoms with Crippen LogP contribution in [-0.2, 0) is 23.1 Å². The molecule has 1 aromatic rings. The molecule has 1 aromatic carbocycles. The van der Waals surface area contributed by atoms with Crippen LogP contribution < -0.4 is 4.72 Å². The quantitative estimate of drug-likeness (QED) is 0.836. The third kappa shape index (κ3) is 3.04. The average Bonchev–Trinajstić information content (AvgIpc) is 2.57. The molecule has 0 fully saturated rings. The Morgan fingerprint density at radius 1 is 1.25 bits per heavy atom. The van der Waals surface area contributed by atoms with Gasteiger partial charge in [-0.25, -0.2) is 13.1 Å². The van der Waals surface area contributed by atoms with E-state index in [2.05, 4.69) is 21.8 Å². The lowest BCUT2D eigenvalue weighted by molar-refractivity contribution is 0.289. The summed E-state index contributed by atoms with van der Waals surface area (Å²) in [4.78, 5) is 2.24. The predicted octanol–water partition coefficient (Wildman–Crippen LogP) is 0.551.